The molecule has 14 heavy (non-hydrogen) atoms. The largest absolute Gasteiger partial charge is 0.330 e. The molecule has 2 N–H and O–H groups in total. The quantitative estimate of drug-likeness (QED) is 0.709. The fourth-order valence-corrected chi connectivity index (χ4v) is 2.43. The third-order valence-corrected chi connectivity index (χ3v) is 3.37. The number of rotatable bonds is 6. The number of nitrogens with zero attached hydrogens (tertiary/aromatic N) is 1. The molecule has 0 aromatic carbocycles. The van der Waals surface area contributed by atoms with Crippen LogP contribution in [0.5, 0.6) is 0 Å². The summed E-state index contributed by atoms with van der Waals surface area (Å²) in [5, 5.41) is 0. The molecule has 0 bridgehead atoms. The summed E-state index contributed by atoms with van der Waals surface area (Å²) in [4.78, 5) is 2.57. The molecule has 0 saturated heterocycles. The summed E-state index contributed by atoms with van der Waals surface area (Å²) in [6.07, 6.45) is 8.45. The van der Waals surface area contributed by atoms with Crippen LogP contribution in [0.1, 0.15) is 45.4 Å². The van der Waals surface area contributed by atoms with Crippen LogP contribution in [0.3, 0.4) is 0 Å². The van der Waals surface area contributed by atoms with Crippen molar-refractivity contribution in [2.24, 2.45) is 11.7 Å². The van der Waals surface area contributed by atoms with E-state index in [1.165, 1.54) is 51.7 Å². The average Bonchev–Trinajstić information content (AvgIpc) is 2.25. The van der Waals surface area contributed by atoms with Gasteiger partial charge in [-0.05, 0) is 44.8 Å². The molecule has 0 spiro atoms. The van der Waals surface area contributed by atoms with Gasteiger partial charge in [-0.15, -0.1) is 0 Å². The van der Waals surface area contributed by atoms with Crippen LogP contribution in [0.25, 0.3) is 0 Å². The fourth-order valence-electron chi connectivity index (χ4n) is 2.43. The van der Waals surface area contributed by atoms with Crippen molar-refractivity contribution >= 4 is 0 Å². The van der Waals surface area contributed by atoms with Crippen molar-refractivity contribution in [2.45, 2.75) is 45.4 Å². The second-order valence-electron chi connectivity index (χ2n) is 4.54. The molecule has 0 heterocycles. The summed E-state index contributed by atoms with van der Waals surface area (Å²) in [5.74, 6) is 0.974. The lowest BCUT2D eigenvalue weighted by Crippen LogP contribution is -2.32. The maximum absolute atomic E-state index is 5.54. The van der Waals surface area contributed by atoms with Gasteiger partial charge in [0.2, 0.25) is 0 Å². The van der Waals surface area contributed by atoms with E-state index in [4.69, 9.17) is 5.73 Å². The van der Waals surface area contributed by atoms with Crippen molar-refractivity contribution in [3.63, 3.8) is 0 Å². The molecular formula is C12H26N2. The van der Waals surface area contributed by atoms with E-state index in [1.54, 1.807) is 0 Å². The van der Waals surface area contributed by atoms with Crippen LogP contribution >= 0.6 is 0 Å². The van der Waals surface area contributed by atoms with Gasteiger partial charge in [0, 0.05) is 6.54 Å². The molecule has 1 saturated carbocycles. The highest BCUT2D eigenvalue weighted by atomic mass is 15.1. The lowest BCUT2D eigenvalue weighted by atomic mass is 9.89. The van der Waals surface area contributed by atoms with Gasteiger partial charge in [0.25, 0.3) is 0 Å². The smallest absolute Gasteiger partial charge is 0.000955 e. The van der Waals surface area contributed by atoms with Crippen LogP contribution in [-0.2, 0) is 0 Å². The van der Waals surface area contributed by atoms with E-state index in [9.17, 15) is 0 Å². The van der Waals surface area contributed by atoms with E-state index in [1.807, 2.05) is 0 Å². The van der Waals surface area contributed by atoms with Gasteiger partial charge in [0.15, 0.2) is 0 Å². The maximum Gasteiger partial charge on any atom is 0.000955 e. The van der Waals surface area contributed by atoms with Crippen LogP contribution in [0.4, 0.5) is 0 Å². The Morgan fingerprint density at radius 3 is 2.50 bits per heavy atom. The zero-order chi connectivity index (χ0) is 10.2. The molecule has 0 atom stereocenters. The first-order valence-electron chi connectivity index (χ1n) is 6.29. The van der Waals surface area contributed by atoms with Crippen molar-refractivity contribution in [3.8, 4) is 0 Å². The SMILES string of the molecule is CCN(CCCN)CC1CCCCC1. The highest BCUT2D eigenvalue weighted by Gasteiger charge is 2.15. The van der Waals surface area contributed by atoms with Crippen molar-refractivity contribution in [2.75, 3.05) is 26.2 Å². The minimum atomic E-state index is 0.834. The molecule has 1 aliphatic rings. The Balaban J connectivity index is 2.16. The second kappa shape index (κ2) is 7.24. The third kappa shape index (κ3) is 4.43. The summed E-state index contributed by atoms with van der Waals surface area (Å²) in [6, 6.07) is 0. The highest BCUT2D eigenvalue weighted by molar-refractivity contribution is 4.70. The predicted molar refractivity (Wildman–Crippen MR) is 62.4 cm³/mol. The molecule has 84 valence electrons. The third-order valence-electron chi connectivity index (χ3n) is 3.37. The van der Waals surface area contributed by atoms with Crippen LogP contribution in [0, 0.1) is 5.92 Å². The first-order chi connectivity index (χ1) is 6.86. The zero-order valence-electron chi connectivity index (χ0n) is 9.67. The summed E-state index contributed by atoms with van der Waals surface area (Å²) < 4.78 is 0. The van der Waals surface area contributed by atoms with E-state index in [2.05, 4.69) is 11.8 Å². The van der Waals surface area contributed by atoms with E-state index in [0.29, 0.717) is 0 Å². The van der Waals surface area contributed by atoms with E-state index >= 15 is 0 Å². The van der Waals surface area contributed by atoms with E-state index < -0.39 is 0 Å². The second-order valence-corrected chi connectivity index (χ2v) is 4.54. The summed E-state index contributed by atoms with van der Waals surface area (Å²) in [7, 11) is 0. The molecule has 0 amide bonds. The van der Waals surface area contributed by atoms with E-state index in [0.717, 1.165) is 18.9 Å². The van der Waals surface area contributed by atoms with Gasteiger partial charge < -0.3 is 10.6 Å². The summed E-state index contributed by atoms with van der Waals surface area (Å²) in [6.45, 7) is 6.80. The molecule has 2 nitrogen and oxygen atoms in total. The highest BCUT2D eigenvalue weighted by Crippen LogP contribution is 2.24. The molecule has 0 radical (unpaired) electrons. The lowest BCUT2D eigenvalue weighted by Gasteiger charge is -2.28. The van der Waals surface area contributed by atoms with Gasteiger partial charge in [-0.1, -0.05) is 26.2 Å². The monoisotopic (exact) mass is 198 g/mol. The number of nitrogens with two attached hydrogens (primary N) is 1. The Morgan fingerprint density at radius 1 is 1.21 bits per heavy atom. The van der Waals surface area contributed by atoms with E-state index in [-0.39, 0.29) is 0 Å². The van der Waals surface area contributed by atoms with Gasteiger partial charge in [-0.2, -0.15) is 0 Å². The van der Waals surface area contributed by atoms with Gasteiger partial charge >= 0.3 is 0 Å². The normalized spacial score (nSPS) is 19.1. The molecule has 2 heteroatoms. The average molecular weight is 198 g/mol. The standard InChI is InChI=1S/C12H26N2/c1-2-14(10-6-9-13)11-12-7-4-3-5-8-12/h12H,2-11,13H2,1H3. The minimum absolute atomic E-state index is 0.834. The molecule has 0 aromatic heterocycles. The predicted octanol–water partition coefficient (Wildman–Crippen LogP) is 2.24. The molecule has 0 unspecified atom stereocenters. The zero-order valence-corrected chi connectivity index (χ0v) is 9.67. The van der Waals surface area contributed by atoms with Crippen LogP contribution in [0.15, 0.2) is 0 Å². The fraction of sp³-hybridized carbons (Fsp3) is 1.00. The van der Waals surface area contributed by atoms with Crippen molar-refractivity contribution < 1.29 is 0 Å². The molecule has 0 aliphatic heterocycles. The maximum atomic E-state index is 5.54. The van der Waals surface area contributed by atoms with Crippen molar-refractivity contribution in [3.05, 3.63) is 0 Å². The van der Waals surface area contributed by atoms with Crippen molar-refractivity contribution in [1.82, 2.24) is 4.90 Å². The number of hydrogen-bond donors (Lipinski definition) is 1. The van der Waals surface area contributed by atoms with Gasteiger partial charge in [-0.25, -0.2) is 0 Å². The van der Waals surface area contributed by atoms with Crippen LogP contribution in [-0.4, -0.2) is 31.1 Å². The molecule has 1 fully saturated rings. The first-order valence-corrected chi connectivity index (χ1v) is 6.29. The van der Waals surface area contributed by atoms with Crippen molar-refractivity contribution in [1.29, 1.82) is 0 Å². The van der Waals surface area contributed by atoms with Gasteiger partial charge in [-0.3, -0.25) is 0 Å². The summed E-state index contributed by atoms with van der Waals surface area (Å²) >= 11 is 0. The Bertz CT molecular complexity index is 130. The Labute approximate surface area is 88.8 Å². The Morgan fingerprint density at radius 2 is 1.93 bits per heavy atom. The number of hydrogen-bond acceptors (Lipinski definition) is 2. The molecule has 1 rings (SSSR count). The molecule has 1 aliphatic carbocycles. The lowest BCUT2D eigenvalue weighted by molar-refractivity contribution is 0.207. The molecule has 0 aromatic rings. The summed E-state index contributed by atoms with van der Waals surface area (Å²) in [5.41, 5.74) is 5.54. The van der Waals surface area contributed by atoms with Crippen LogP contribution < -0.4 is 5.73 Å². The first kappa shape index (κ1) is 12.0. The topological polar surface area (TPSA) is 29.3 Å². The minimum Gasteiger partial charge on any atom is -0.330 e. The Hall–Kier alpha value is -0.0800. The molecular weight excluding hydrogens is 172 g/mol. The van der Waals surface area contributed by atoms with Crippen LogP contribution in [0.2, 0.25) is 0 Å². The van der Waals surface area contributed by atoms with Gasteiger partial charge in [0.05, 0.1) is 0 Å². The Kier molecular flexibility index (Phi) is 6.20. The van der Waals surface area contributed by atoms with Gasteiger partial charge in [0.1, 0.15) is 0 Å².